The Balaban J connectivity index is 1.91. The number of pyridine rings is 1. The highest BCUT2D eigenvalue weighted by Gasteiger charge is 2.23. The van der Waals surface area contributed by atoms with Crippen molar-refractivity contribution in [1.29, 1.82) is 0 Å². The minimum absolute atomic E-state index is 0.123. The van der Waals surface area contributed by atoms with Gasteiger partial charge >= 0.3 is 0 Å². The molecule has 2 rings (SSSR count). The number of hydrogen-bond acceptors (Lipinski definition) is 2. The topological polar surface area (TPSA) is 42.0 Å². The highest BCUT2D eigenvalue weighted by molar-refractivity contribution is 6.33. The number of nitrogens with zero attached hydrogens (tertiary/aromatic N) is 1. The summed E-state index contributed by atoms with van der Waals surface area (Å²) in [4.78, 5) is 15.8. The Morgan fingerprint density at radius 3 is 3.06 bits per heavy atom. The van der Waals surface area contributed by atoms with Gasteiger partial charge in [-0.05, 0) is 24.3 Å². The summed E-state index contributed by atoms with van der Waals surface area (Å²) in [5.74, 6) is 1.19. The van der Waals surface area contributed by atoms with Crippen molar-refractivity contribution in [2.75, 3.05) is 6.54 Å². The molecule has 0 radical (unpaired) electrons. The second-order valence-electron chi connectivity index (χ2n) is 4.73. The van der Waals surface area contributed by atoms with Crippen molar-refractivity contribution < 1.29 is 4.79 Å². The van der Waals surface area contributed by atoms with Crippen molar-refractivity contribution in [1.82, 2.24) is 10.3 Å². The van der Waals surface area contributed by atoms with Gasteiger partial charge in [0.2, 0.25) is 0 Å². The van der Waals surface area contributed by atoms with Crippen molar-refractivity contribution in [3.8, 4) is 0 Å². The molecule has 3 nitrogen and oxygen atoms in total. The maximum atomic E-state index is 11.9. The van der Waals surface area contributed by atoms with E-state index in [-0.39, 0.29) is 5.91 Å². The number of amides is 1. The number of carbonyl (C=O) groups is 1. The number of hydrogen-bond donors (Lipinski definition) is 1. The minimum Gasteiger partial charge on any atom is -0.352 e. The van der Waals surface area contributed by atoms with E-state index >= 15 is 0 Å². The fourth-order valence-corrected chi connectivity index (χ4v) is 2.58. The van der Waals surface area contributed by atoms with Crippen molar-refractivity contribution >= 4 is 17.5 Å². The van der Waals surface area contributed by atoms with Gasteiger partial charge in [0.05, 0.1) is 10.6 Å². The SMILES string of the molecule is CC1CCCC1CNC(=O)c1cnccc1Cl. The van der Waals surface area contributed by atoms with Crippen molar-refractivity contribution in [3.05, 3.63) is 29.0 Å². The first-order chi connectivity index (χ1) is 8.18. The molecule has 17 heavy (non-hydrogen) atoms. The minimum atomic E-state index is -0.123. The first kappa shape index (κ1) is 12.4. The molecule has 1 heterocycles. The third kappa shape index (κ3) is 2.97. The lowest BCUT2D eigenvalue weighted by atomic mass is 9.98. The van der Waals surface area contributed by atoms with Crippen LogP contribution in [0.4, 0.5) is 0 Å². The quantitative estimate of drug-likeness (QED) is 0.899. The Kier molecular flexibility index (Phi) is 4.00. The summed E-state index contributed by atoms with van der Waals surface area (Å²) in [5, 5.41) is 3.40. The summed E-state index contributed by atoms with van der Waals surface area (Å²) in [6.07, 6.45) is 6.85. The van der Waals surface area contributed by atoms with Crippen molar-refractivity contribution in [2.45, 2.75) is 26.2 Å². The van der Waals surface area contributed by atoms with Crippen LogP contribution in [0.2, 0.25) is 5.02 Å². The molecule has 0 saturated heterocycles. The molecule has 0 aromatic carbocycles. The number of rotatable bonds is 3. The van der Waals surface area contributed by atoms with Crippen molar-refractivity contribution in [3.63, 3.8) is 0 Å². The van der Waals surface area contributed by atoms with Gasteiger partial charge in [0.1, 0.15) is 0 Å². The third-order valence-electron chi connectivity index (χ3n) is 3.58. The van der Waals surface area contributed by atoms with Gasteiger partial charge < -0.3 is 5.32 Å². The van der Waals surface area contributed by atoms with E-state index in [1.54, 1.807) is 12.3 Å². The average molecular weight is 253 g/mol. The third-order valence-corrected chi connectivity index (χ3v) is 3.91. The van der Waals surface area contributed by atoms with Crippen LogP contribution in [-0.4, -0.2) is 17.4 Å². The summed E-state index contributed by atoms with van der Waals surface area (Å²) in [6, 6.07) is 1.63. The second kappa shape index (κ2) is 5.50. The number of halogens is 1. The van der Waals surface area contributed by atoms with Crippen LogP contribution in [0.15, 0.2) is 18.5 Å². The fourth-order valence-electron chi connectivity index (χ4n) is 2.39. The maximum absolute atomic E-state index is 11.9. The molecule has 2 unspecified atom stereocenters. The van der Waals surface area contributed by atoms with Gasteiger partial charge in [-0.2, -0.15) is 0 Å². The van der Waals surface area contributed by atoms with Gasteiger partial charge in [-0.15, -0.1) is 0 Å². The fraction of sp³-hybridized carbons (Fsp3) is 0.538. The van der Waals surface area contributed by atoms with E-state index in [1.807, 2.05) is 0 Å². The average Bonchev–Trinajstić information content (AvgIpc) is 2.72. The van der Waals surface area contributed by atoms with Gasteiger partial charge in [0.15, 0.2) is 0 Å². The van der Waals surface area contributed by atoms with E-state index in [0.29, 0.717) is 22.4 Å². The second-order valence-corrected chi connectivity index (χ2v) is 5.14. The highest BCUT2D eigenvalue weighted by Crippen LogP contribution is 2.30. The normalized spacial score (nSPS) is 23.6. The van der Waals surface area contributed by atoms with Gasteiger partial charge in [0, 0.05) is 18.9 Å². The van der Waals surface area contributed by atoms with E-state index in [9.17, 15) is 4.79 Å². The lowest BCUT2D eigenvalue weighted by Gasteiger charge is -2.16. The molecular formula is C13H17ClN2O. The van der Waals surface area contributed by atoms with Crippen LogP contribution in [0.1, 0.15) is 36.5 Å². The molecule has 1 aromatic rings. The van der Waals surface area contributed by atoms with Gasteiger partial charge in [-0.3, -0.25) is 9.78 Å². The smallest absolute Gasteiger partial charge is 0.254 e. The van der Waals surface area contributed by atoms with Crippen LogP contribution in [0, 0.1) is 11.8 Å². The summed E-state index contributed by atoms with van der Waals surface area (Å²) >= 11 is 5.94. The maximum Gasteiger partial charge on any atom is 0.254 e. The summed E-state index contributed by atoms with van der Waals surface area (Å²) < 4.78 is 0. The molecule has 4 heteroatoms. The Morgan fingerprint density at radius 1 is 1.59 bits per heavy atom. The molecule has 1 aromatic heterocycles. The first-order valence-electron chi connectivity index (χ1n) is 6.06. The Morgan fingerprint density at radius 2 is 2.41 bits per heavy atom. The Bertz CT molecular complexity index is 408. The van der Waals surface area contributed by atoms with Gasteiger partial charge in [-0.1, -0.05) is 31.4 Å². The van der Waals surface area contributed by atoms with Crippen LogP contribution in [0.25, 0.3) is 0 Å². The number of aromatic nitrogens is 1. The molecule has 1 N–H and O–H groups in total. The molecule has 2 atom stereocenters. The van der Waals surface area contributed by atoms with E-state index < -0.39 is 0 Å². The summed E-state index contributed by atoms with van der Waals surface area (Å²) in [5.41, 5.74) is 0.458. The molecule has 92 valence electrons. The van der Waals surface area contributed by atoms with Crippen LogP contribution in [0.3, 0.4) is 0 Å². The molecule has 0 spiro atoms. The van der Waals surface area contributed by atoms with Gasteiger partial charge in [0.25, 0.3) is 5.91 Å². The molecule has 1 aliphatic carbocycles. The predicted molar refractivity (Wildman–Crippen MR) is 68.1 cm³/mol. The highest BCUT2D eigenvalue weighted by atomic mass is 35.5. The standard InChI is InChI=1S/C13H17ClN2O/c1-9-3-2-4-10(9)7-16-13(17)11-8-15-6-5-12(11)14/h5-6,8-10H,2-4,7H2,1H3,(H,16,17). The first-order valence-corrected chi connectivity index (χ1v) is 6.44. The van der Waals surface area contributed by atoms with Crippen LogP contribution < -0.4 is 5.32 Å². The molecule has 1 amide bonds. The lowest BCUT2D eigenvalue weighted by Crippen LogP contribution is -2.30. The molecule has 0 aliphatic heterocycles. The number of carbonyl (C=O) groups excluding carboxylic acids is 1. The molecule has 1 fully saturated rings. The molecular weight excluding hydrogens is 236 g/mol. The zero-order valence-electron chi connectivity index (χ0n) is 9.95. The summed E-state index contributed by atoms with van der Waals surface area (Å²) in [6.45, 7) is 2.99. The number of nitrogens with one attached hydrogen (secondary N) is 1. The van der Waals surface area contributed by atoms with E-state index in [0.717, 1.165) is 6.54 Å². The largest absolute Gasteiger partial charge is 0.352 e. The van der Waals surface area contributed by atoms with Crippen LogP contribution in [0.5, 0.6) is 0 Å². The Hall–Kier alpha value is -1.09. The van der Waals surface area contributed by atoms with Gasteiger partial charge in [-0.25, -0.2) is 0 Å². The molecule has 1 aliphatic rings. The van der Waals surface area contributed by atoms with E-state index in [1.165, 1.54) is 25.5 Å². The van der Waals surface area contributed by atoms with Crippen LogP contribution in [-0.2, 0) is 0 Å². The monoisotopic (exact) mass is 252 g/mol. The zero-order chi connectivity index (χ0) is 12.3. The van der Waals surface area contributed by atoms with Crippen LogP contribution >= 0.6 is 11.6 Å². The van der Waals surface area contributed by atoms with E-state index in [2.05, 4.69) is 17.2 Å². The zero-order valence-corrected chi connectivity index (χ0v) is 10.7. The predicted octanol–water partition coefficient (Wildman–Crippen LogP) is 2.90. The van der Waals surface area contributed by atoms with Crippen molar-refractivity contribution in [2.24, 2.45) is 11.8 Å². The molecule has 1 saturated carbocycles. The summed E-state index contributed by atoms with van der Waals surface area (Å²) in [7, 11) is 0. The Labute approximate surface area is 107 Å². The molecule has 0 bridgehead atoms. The van der Waals surface area contributed by atoms with E-state index in [4.69, 9.17) is 11.6 Å². The lowest BCUT2D eigenvalue weighted by molar-refractivity contribution is 0.0944.